The average Bonchev–Trinajstić information content (AvgIpc) is 3.35. The summed E-state index contributed by atoms with van der Waals surface area (Å²) in [5.41, 5.74) is 1.17. The van der Waals surface area contributed by atoms with Gasteiger partial charge in [0, 0.05) is 52.0 Å². The number of piperidine rings is 1. The van der Waals surface area contributed by atoms with Crippen LogP contribution in [0.1, 0.15) is 137 Å². The van der Waals surface area contributed by atoms with Gasteiger partial charge in [-0.2, -0.15) is 0 Å². The highest BCUT2D eigenvalue weighted by Crippen LogP contribution is 2.42. The molecule has 6 rings (SSSR count). The quantitative estimate of drug-likeness (QED) is 0.104. The molecule has 4 N–H and O–H groups in total. The van der Waals surface area contributed by atoms with E-state index in [2.05, 4.69) is 0 Å². The van der Waals surface area contributed by atoms with Gasteiger partial charge in [0.1, 0.15) is 24.0 Å². The fourth-order valence-electron chi connectivity index (χ4n) is 11.8. The van der Waals surface area contributed by atoms with Gasteiger partial charge in [0.25, 0.3) is 11.7 Å². The molecule has 14 nitrogen and oxygen atoms in total. The van der Waals surface area contributed by atoms with E-state index in [9.17, 15) is 39.6 Å². The van der Waals surface area contributed by atoms with Crippen molar-refractivity contribution in [3.05, 3.63) is 71.3 Å². The number of ketones is 2. The van der Waals surface area contributed by atoms with E-state index >= 15 is 0 Å². The number of nitrogens with zero attached hydrogens (tertiary/aromatic N) is 1. The van der Waals surface area contributed by atoms with Crippen molar-refractivity contribution < 1.29 is 63.3 Å². The third-order valence-electron chi connectivity index (χ3n) is 16.2. The summed E-state index contributed by atoms with van der Waals surface area (Å²) in [5.74, 6) is -7.90. The highest BCUT2D eigenvalue weighted by Gasteiger charge is 2.57. The molecule has 1 saturated carbocycles. The van der Waals surface area contributed by atoms with E-state index in [0.717, 1.165) is 21.9 Å². The molecule has 0 aromatic heterocycles. The molecule has 4 aliphatic rings. The molecule has 15 unspecified atom stereocenters. The van der Waals surface area contributed by atoms with E-state index in [4.69, 9.17) is 23.7 Å². The van der Waals surface area contributed by atoms with E-state index in [1.807, 2.05) is 82.3 Å². The van der Waals surface area contributed by atoms with Crippen molar-refractivity contribution in [1.29, 1.82) is 0 Å². The molecule has 0 radical (unpaired) electrons. The van der Waals surface area contributed by atoms with Crippen molar-refractivity contribution >= 4 is 34.2 Å². The van der Waals surface area contributed by atoms with E-state index in [-0.39, 0.29) is 43.4 Å². The third kappa shape index (κ3) is 12.7. The Morgan fingerprint density at radius 1 is 0.914 bits per heavy atom. The first-order valence-corrected chi connectivity index (χ1v) is 25.8. The van der Waals surface area contributed by atoms with Crippen molar-refractivity contribution in [2.24, 2.45) is 29.6 Å². The molecule has 3 fully saturated rings. The van der Waals surface area contributed by atoms with Gasteiger partial charge in [-0.1, -0.05) is 81.8 Å². The molecule has 1 aliphatic carbocycles. The number of methoxy groups -OCH3 is 3. The number of Topliss-reactive ketones (excluding diaryl/α,β-unsaturated/α-hetero) is 2. The van der Waals surface area contributed by atoms with Gasteiger partial charge in [0.2, 0.25) is 5.79 Å². The normalized spacial score (nSPS) is 37.2. The fraction of sp³-hybridized carbons (Fsp3) is 0.679. The van der Waals surface area contributed by atoms with Gasteiger partial charge in [0.15, 0.2) is 0 Å². The van der Waals surface area contributed by atoms with Crippen molar-refractivity contribution in [3.8, 4) is 0 Å². The lowest BCUT2D eigenvalue weighted by molar-refractivity contribution is -0.302. The van der Waals surface area contributed by atoms with Gasteiger partial charge >= 0.3 is 5.97 Å². The second-order valence-electron chi connectivity index (χ2n) is 21.3. The SMILES string of the molecule is CCC1/C=C(\C)CC(C)CC(OC)C2OC(O)(C(=O)C(=O)N3CCCCC3C(=O)OC(C(C)=CC3CCC(O)(CCC(O)c4ccc5ccccc5c4)C(OC)C3)C(C)C(O)CC1=O)C(C)CC2OC. The van der Waals surface area contributed by atoms with E-state index in [0.29, 0.717) is 69.8 Å². The number of carbonyl (C=O) groups excluding carboxylic acids is 4. The summed E-state index contributed by atoms with van der Waals surface area (Å²) < 4.78 is 30.4. The number of fused-ring (bicyclic) bond motifs is 4. The average molecular weight is 976 g/mol. The van der Waals surface area contributed by atoms with Crippen LogP contribution in [0.25, 0.3) is 10.8 Å². The summed E-state index contributed by atoms with van der Waals surface area (Å²) in [7, 11) is 4.62. The van der Waals surface area contributed by atoms with E-state index in [1.165, 1.54) is 19.1 Å². The number of aliphatic hydroxyl groups excluding tert-OH is 2. The predicted molar refractivity (Wildman–Crippen MR) is 265 cm³/mol. The van der Waals surface area contributed by atoms with Crippen LogP contribution < -0.4 is 0 Å². The molecular formula is C56H81NO13. The van der Waals surface area contributed by atoms with Gasteiger partial charge < -0.3 is 49.0 Å². The summed E-state index contributed by atoms with van der Waals surface area (Å²) in [6.07, 6.45) is 3.13. The minimum atomic E-state index is -2.53. The molecule has 0 spiro atoms. The van der Waals surface area contributed by atoms with Gasteiger partial charge in [-0.05, 0) is 131 Å². The Bertz CT molecular complexity index is 2190. The maximum absolute atomic E-state index is 14.6. The molecule has 15 atom stereocenters. The summed E-state index contributed by atoms with van der Waals surface area (Å²) >= 11 is 0. The molecule has 2 aromatic rings. The van der Waals surface area contributed by atoms with Crippen LogP contribution in [-0.2, 0) is 42.9 Å². The van der Waals surface area contributed by atoms with Crippen LogP contribution in [0.5, 0.6) is 0 Å². The zero-order valence-electron chi connectivity index (χ0n) is 43.0. The minimum Gasteiger partial charge on any atom is -0.456 e. The van der Waals surface area contributed by atoms with Crippen molar-refractivity contribution in [1.82, 2.24) is 4.90 Å². The van der Waals surface area contributed by atoms with Gasteiger partial charge in [-0.3, -0.25) is 14.4 Å². The molecule has 2 aromatic carbocycles. The first-order valence-electron chi connectivity index (χ1n) is 25.8. The number of esters is 1. The number of amides is 1. The van der Waals surface area contributed by atoms with Crippen molar-refractivity contribution in [2.75, 3.05) is 27.9 Å². The number of ether oxygens (including phenoxy) is 5. The van der Waals surface area contributed by atoms with Gasteiger partial charge in [-0.25, -0.2) is 4.79 Å². The lowest BCUT2D eigenvalue weighted by Gasteiger charge is -2.47. The topological polar surface area (TPSA) is 199 Å². The summed E-state index contributed by atoms with van der Waals surface area (Å²) in [6, 6.07) is 12.7. The zero-order chi connectivity index (χ0) is 51.1. The number of cyclic esters (lactones) is 1. The number of hydrogen-bond donors (Lipinski definition) is 4. The Kier molecular flexibility index (Phi) is 19.2. The lowest BCUT2D eigenvalue weighted by atomic mass is 9.73. The number of hydrogen-bond acceptors (Lipinski definition) is 13. The molecule has 1 amide bonds. The number of aliphatic hydroxyl groups is 4. The summed E-state index contributed by atoms with van der Waals surface area (Å²) in [6.45, 7) is 11.2. The maximum atomic E-state index is 14.6. The van der Waals surface area contributed by atoms with E-state index < -0.39 is 95.6 Å². The van der Waals surface area contributed by atoms with Crippen LogP contribution in [0.15, 0.2) is 65.8 Å². The van der Waals surface area contributed by atoms with Crippen molar-refractivity contribution in [2.45, 2.75) is 185 Å². The van der Waals surface area contributed by atoms with Crippen LogP contribution >= 0.6 is 0 Å². The second kappa shape index (κ2) is 24.2. The Morgan fingerprint density at radius 3 is 2.30 bits per heavy atom. The molecule has 2 saturated heterocycles. The number of benzene rings is 2. The molecule has 14 heteroatoms. The molecule has 2 bridgehead atoms. The molecule has 3 aliphatic heterocycles. The second-order valence-corrected chi connectivity index (χ2v) is 21.3. The number of rotatable bonds is 10. The molecular weight excluding hydrogens is 895 g/mol. The molecule has 70 heavy (non-hydrogen) atoms. The lowest BCUT2D eigenvalue weighted by Crippen LogP contribution is -2.64. The minimum absolute atomic E-state index is 0.0123. The van der Waals surface area contributed by atoms with Crippen molar-refractivity contribution in [3.63, 3.8) is 0 Å². The Hall–Kier alpha value is -3.86. The van der Waals surface area contributed by atoms with Crippen LogP contribution in [0.3, 0.4) is 0 Å². The third-order valence-corrected chi connectivity index (χ3v) is 16.2. The van der Waals surface area contributed by atoms with Gasteiger partial charge in [-0.15, -0.1) is 0 Å². The van der Waals surface area contributed by atoms with Crippen LogP contribution in [0.2, 0.25) is 0 Å². The first-order chi connectivity index (χ1) is 33.3. The largest absolute Gasteiger partial charge is 0.456 e. The standard InChI is InChI=1S/C56H81NO13/c1-10-39-26-33(2)25-34(3)27-47(66-7)51-48(67-8)29-36(5)56(65,70-51)52(61)53(62)57-24-14-13-17-43(57)54(63)69-50(37(6)45(59)32-46(39)60)35(4)28-38-20-22-55(64,49(30-38)68-9)23-21-44(58)42-19-18-40-15-11-12-16-41(40)31-42/h11-12,15-16,18-19,26,28,31,34,36-39,43-45,47-51,58-59,64-65H,10,13-14,17,20-25,27,29-30,32H2,1-9H3/b33-26+,35-28?. The maximum Gasteiger partial charge on any atom is 0.329 e. The summed E-state index contributed by atoms with van der Waals surface area (Å²) in [4.78, 5) is 58.6. The Balaban J connectivity index is 1.28. The van der Waals surface area contributed by atoms with Crippen LogP contribution in [0.4, 0.5) is 0 Å². The Labute approximate surface area is 415 Å². The monoisotopic (exact) mass is 976 g/mol. The van der Waals surface area contributed by atoms with Crippen LogP contribution in [-0.4, -0.2) is 131 Å². The van der Waals surface area contributed by atoms with Crippen LogP contribution in [0, 0.1) is 29.6 Å². The molecule has 388 valence electrons. The highest BCUT2D eigenvalue weighted by atomic mass is 16.7. The first kappa shape index (κ1) is 55.5. The van der Waals surface area contributed by atoms with E-state index in [1.54, 1.807) is 21.0 Å². The fourth-order valence-corrected chi connectivity index (χ4v) is 11.8. The predicted octanol–water partition coefficient (Wildman–Crippen LogP) is 7.51. The highest BCUT2D eigenvalue weighted by molar-refractivity contribution is 6.39. The number of allylic oxidation sites excluding steroid dienone is 3. The summed E-state index contributed by atoms with van der Waals surface area (Å²) in [5, 5.41) is 49.4. The van der Waals surface area contributed by atoms with Gasteiger partial charge in [0.05, 0.1) is 36.1 Å². The zero-order valence-corrected chi connectivity index (χ0v) is 43.0. The number of carbonyl (C=O) groups is 4. The Morgan fingerprint density at radius 2 is 1.61 bits per heavy atom. The smallest absolute Gasteiger partial charge is 0.329 e. The molecule has 3 heterocycles.